The third-order valence-electron chi connectivity index (χ3n) is 5.49. The van der Waals surface area contributed by atoms with Gasteiger partial charge in [0.25, 0.3) is 15.9 Å². The van der Waals surface area contributed by atoms with E-state index in [1.165, 1.54) is 17.1 Å². The molecule has 1 N–H and O–H groups in total. The van der Waals surface area contributed by atoms with Gasteiger partial charge in [0, 0.05) is 18.2 Å². The quantitative estimate of drug-likeness (QED) is 0.878. The Morgan fingerprint density at radius 3 is 2.48 bits per heavy atom. The van der Waals surface area contributed by atoms with Gasteiger partial charge < -0.3 is 5.32 Å². The smallest absolute Gasteiger partial charge is 0.264 e. The minimum atomic E-state index is -3.59. The van der Waals surface area contributed by atoms with Crippen LogP contribution in [-0.2, 0) is 16.4 Å². The molecule has 0 saturated heterocycles. The average Bonchev–Trinajstić information content (AvgIpc) is 3.31. The van der Waals surface area contributed by atoms with Crippen molar-refractivity contribution < 1.29 is 13.2 Å². The summed E-state index contributed by atoms with van der Waals surface area (Å²) >= 11 is 0. The molecule has 6 heteroatoms. The molecule has 0 unspecified atom stereocenters. The van der Waals surface area contributed by atoms with Crippen LogP contribution >= 0.6 is 0 Å². The molecule has 2 aromatic carbocycles. The van der Waals surface area contributed by atoms with Gasteiger partial charge in [-0.3, -0.25) is 9.10 Å². The van der Waals surface area contributed by atoms with Crippen molar-refractivity contribution in [2.75, 3.05) is 10.8 Å². The van der Waals surface area contributed by atoms with E-state index in [9.17, 15) is 13.2 Å². The van der Waals surface area contributed by atoms with Gasteiger partial charge in [-0.05, 0) is 62.1 Å². The maximum atomic E-state index is 13.0. The van der Waals surface area contributed by atoms with Crippen LogP contribution in [0.25, 0.3) is 0 Å². The van der Waals surface area contributed by atoms with Gasteiger partial charge >= 0.3 is 0 Å². The Kier molecular flexibility index (Phi) is 4.68. The Morgan fingerprint density at radius 1 is 1.07 bits per heavy atom. The minimum Gasteiger partial charge on any atom is -0.349 e. The number of nitrogens with one attached hydrogen (secondary N) is 1. The molecule has 0 spiro atoms. The van der Waals surface area contributed by atoms with Crippen LogP contribution in [0.3, 0.4) is 0 Å². The zero-order valence-corrected chi connectivity index (χ0v) is 16.3. The highest BCUT2D eigenvalue weighted by atomic mass is 32.2. The lowest BCUT2D eigenvalue weighted by Crippen LogP contribution is -2.32. The molecule has 1 heterocycles. The Labute approximate surface area is 160 Å². The van der Waals surface area contributed by atoms with Crippen LogP contribution < -0.4 is 9.62 Å². The Hall–Kier alpha value is -2.34. The highest BCUT2D eigenvalue weighted by molar-refractivity contribution is 7.92. The van der Waals surface area contributed by atoms with E-state index in [2.05, 4.69) is 5.32 Å². The Bertz CT molecular complexity index is 961. The highest BCUT2D eigenvalue weighted by Crippen LogP contribution is 2.33. The van der Waals surface area contributed by atoms with Crippen LogP contribution in [0.4, 0.5) is 5.69 Å². The molecule has 142 valence electrons. The Balaban J connectivity index is 1.57. The van der Waals surface area contributed by atoms with Crippen LogP contribution in [0, 0.1) is 6.92 Å². The molecule has 1 aliphatic heterocycles. The topological polar surface area (TPSA) is 66.5 Å². The second-order valence-corrected chi connectivity index (χ2v) is 9.30. The molecule has 4 rings (SSSR count). The van der Waals surface area contributed by atoms with E-state index < -0.39 is 10.0 Å². The summed E-state index contributed by atoms with van der Waals surface area (Å²) < 4.78 is 27.5. The SMILES string of the molecule is Cc1ccc(S(=O)(=O)N2CCc3cc(C(=O)NC4CCCC4)ccc32)cc1. The molecule has 27 heavy (non-hydrogen) atoms. The summed E-state index contributed by atoms with van der Waals surface area (Å²) in [6.07, 6.45) is 5.03. The van der Waals surface area contributed by atoms with Gasteiger partial charge in [-0.15, -0.1) is 0 Å². The molecule has 1 amide bonds. The number of anilines is 1. The summed E-state index contributed by atoms with van der Waals surface area (Å²) in [5.74, 6) is -0.0652. The number of aryl methyl sites for hydroxylation is 1. The van der Waals surface area contributed by atoms with E-state index in [1.54, 1.807) is 36.4 Å². The van der Waals surface area contributed by atoms with Crippen LogP contribution in [0.2, 0.25) is 0 Å². The summed E-state index contributed by atoms with van der Waals surface area (Å²) in [7, 11) is -3.59. The predicted octanol–water partition coefficient (Wildman–Crippen LogP) is 3.42. The molecule has 1 saturated carbocycles. The van der Waals surface area contributed by atoms with E-state index in [0.29, 0.717) is 29.1 Å². The fraction of sp³-hybridized carbons (Fsp3) is 0.381. The van der Waals surface area contributed by atoms with Gasteiger partial charge in [-0.2, -0.15) is 0 Å². The van der Waals surface area contributed by atoms with Gasteiger partial charge in [0.1, 0.15) is 0 Å². The van der Waals surface area contributed by atoms with Crippen molar-refractivity contribution in [3.05, 3.63) is 59.2 Å². The lowest BCUT2D eigenvalue weighted by molar-refractivity contribution is 0.0938. The van der Waals surface area contributed by atoms with E-state index >= 15 is 0 Å². The number of fused-ring (bicyclic) bond motifs is 1. The fourth-order valence-corrected chi connectivity index (χ4v) is 5.44. The fourth-order valence-electron chi connectivity index (χ4n) is 3.94. The normalized spacial score (nSPS) is 17.1. The van der Waals surface area contributed by atoms with Gasteiger partial charge in [0.15, 0.2) is 0 Å². The number of carbonyl (C=O) groups is 1. The number of hydrogen-bond donors (Lipinski definition) is 1. The molecule has 1 aliphatic carbocycles. The molecular weight excluding hydrogens is 360 g/mol. The predicted molar refractivity (Wildman–Crippen MR) is 106 cm³/mol. The second-order valence-electron chi connectivity index (χ2n) is 7.44. The largest absolute Gasteiger partial charge is 0.349 e. The van der Waals surface area contributed by atoms with Gasteiger partial charge in [0.2, 0.25) is 0 Å². The molecule has 2 aromatic rings. The van der Waals surface area contributed by atoms with E-state index in [1.807, 2.05) is 13.0 Å². The van der Waals surface area contributed by atoms with Crippen molar-refractivity contribution in [3.8, 4) is 0 Å². The van der Waals surface area contributed by atoms with Crippen molar-refractivity contribution in [2.24, 2.45) is 0 Å². The number of hydrogen-bond acceptors (Lipinski definition) is 3. The molecule has 0 bridgehead atoms. The summed E-state index contributed by atoms with van der Waals surface area (Å²) in [5, 5.41) is 3.09. The van der Waals surface area contributed by atoms with Crippen molar-refractivity contribution in [3.63, 3.8) is 0 Å². The first-order valence-corrected chi connectivity index (χ1v) is 10.9. The molecule has 0 atom stereocenters. The molecule has 2 aliphatic rings. The maximum Gasteiger partial charge on any atom is 0.264 e. The summed E-state index contributed by atoms with van der Waals surface area (Å²) in [5.41, 5.74) is 3.21. The monoisotopic (exact) mass is 384 g/mol. The average molecular weight is 385 g/mol. The van der Waals surface area contributed by atoms with Gasteiger partial charge in [0.05, 0.1) is 10.6 Å². The lowest BCUT2D eigenvalue weighted by atomic mass is 10.1. The first-order valence-electron chi connectivity index (χ1n) is 9.48. The molecule has 5 nitrogen and oxygen atoms in total. The van der Waals surface area contributed by atoms with E-state index in [0.717, 1.165) is 24.0 Å². The number of sulfonamides is 1. The number of amides is 1. The van der Waals surface area contributed by atoms with Crippen LogP contribution in [0.15, 0.2) is 47.4 Å². The lowest BCUT2D eigenvalue weighted by Gasteiger charge is -2.20. The summed E-state index contributed by atoms with van der Waals surface area (Å²) in [4.78, 5) is 12.8. The van der Waals surface area contributed by atoms with E-state index in [4.69, 9.17) is 0 Å². The highest BCUT2D eigenvalue weighted by Gasteiger charge is 2.31. The van der Waals surface area contributed by atoms with Crippen LogP contribution in [-0.4, -0.2) is 26.9 Å². The zero-order chi connectivity index (χ0) is 19.0. The zero-order valence-electron chi connectivity index (χ0n) is 15.4. The second kappa shape index (κ2) is 7.00. The summed E-state index contributed by atoms with van der Waals surface area (Å²) in [6.45, 7) is 2.33. The van der Waals surface area contributed by atoms with Crippen LogP contribution in [0.5, 0.6) is 0 Å². The van der Waals surface area contributed by atoms with Gasteiger partial charge in [-0.25, -0.2) is 8.42 Å². The maximum absolute atomic E-state index is 13.0. The van der Waals surface area contributed by atoms with Crippen molar-refractivity contribution in [2.45, 2.75) is 50.0 Å². The molecule has 0 radical (unpaired) electrons. The minimum absolute atomic E-state index is 0.0652. The number of carbonyl (C=O) groups excluding carboxylic acids is 1. The van der Waals surface area contributed by atoms with Crippen LogP contribution in [0.1, 0.15) is 47.2 Å². The standard InChI is InChI=1S/C21H24N2O3S/c1-15-6-9-19(10-7-15)27(25,26)23-13-12-16-14-17(8-11-20(16)23)21(24)22-18-4-2-3-5-18/h6-11,14,18H,2-5,12-13H2,1H3,(H,22,24). The number of rotatable bonds is 4. The summed E-state index contributed by atoms with van der Waals surface area (Å²) in [6, 6.07) is 12.5. The van der Waals surface area contributed by atoms with Crippen molar-refractivity contribution in [1.82, 2.24) is 5.32 Å². The first kappa shape index (κ1) is 18.0. The van der Waals surface area contributed by atoms with Crippen molar-refractivity contribution >= 4 is 21.6 Å². The molecular formula is C21H24N2O3S. The third kappa shape index (κ3) is 3.46. The van der Waals surface area contributed by atoms with Crippen molar-refractivity contribution in [1.29, 1.82) is 0 Å². The number of benzene rings is 2. The molecule has 1 fully saturated rings. The molecule has 0 aromatic heterocycles. The first-order chi connectivity index (χ1) is 12.9. The van der Waals surface area contributed by atoms with Gasteiger partial charge in [-0.1, -0.05) is 30.5 Å². The Morgan fingerprint density at radius 2 is 1.78 bits per heavy atom. The van der Waals surface area contributed by atoms with E-state index in [-0.39, 0.29) is 11.9 Å². The third-order valence-corrected chi connectivity index (χ3v) is 7.32. The number of nitrogens with zero attached hydrogens (tertiary/aromatic N) is 1.